The van der Waals surface area contributed by atoms with E-state index >= 15 is 0 Å². The molecule has 1 aliphatic rings. The van der Waals surface area contributed by atoms with Gasteiger partial charge in [-0.3, -0.25) is 9.89 Å². The maximum Gasteiger partial charge on any atom is 0.287 e. The zero-order valence-electron chi connectivity index (χ0n) is 8.53. The lowest BCUT2D eigenvalue weighted by Crippen LogP contribution is -2.11. The second-order valence-corrected chi connectivity index (χ2v) is 3.91. The molecular weight excluding hydrogens is 206 g/mol. The van der Waals surface area contributed by atoms with E-state index in [1.54, 1.807) is 6.07 Å². The van der Waals surface area contributed by atoms with Gasteiger partial charge in [-0.1, -0.05) is 0 Å². The van der Waals surface area contributed by atoms with E-state index < -0.39 is 0 Å². The van der Waals surface area contributed by atoms with E-state index in [4.69, 9.17) is 0 Å². The monoisotopic (exact) mass is 217 g/mol. The molecule has 16 heavy (non-hydrogen) atoms. The average molecular weight is 217 g/mol. The summed E-state index contributed by atoms with van der Waals surface area (Å²) in [5, 5.41) is 16.0. The number of nitrogens with zero attached hydrogens (tertiary/aromatic N) is 2. The van der Waals surface area contributed by atoms with Crippen LogP contribution in [0.3, 0.4) is 0 Å². The number of hydrogen-bond acceptors (Lipinski definition) is 4. The Bertz CT molecular complexity index is 554. The highest BCUT2D eigenvalue weighted by molar-refractivity contribution is 5.54. The highest BCUT2D eigenvalue weighted by Gasteiger charge is 2.25. The standard InChI is InChI=1S/C10H11N5O/c16-10-7(3-4-11-15-10)12-9-5-8(13-14-9)6-1-2-6/h3-6H,1-2H2,(H,15,16)(H2,11,12,13,14). The van der Waals surface area contributed by atoms with Crippen molar-refractivity contribution in [3.8, 4) is 0 Å². The van der Waals surface area contributed by atoms with Crippen LogP contribution < -0.4 is 10.9 Å². The largest absolute Gasteiger partial charge is 0.334 e. The molecule has 0 aromatic carbocycles. The minimum atomic E-state index is -0.251. The van der Waals surface area contributed by atoms with E-state index in [0.29, 0.717) is 17.4 Å². The van der Waals surface area contributed by atoms with E-state index in [1.165, 1.54) is 19.0 Å². The Morgan fingerprint density at radius 1 is 1.38 bits per heavy atom. The summed E-state index contributed by atoms with van der Waals surface area (Å²) in [5.74, 6) is 1.29. The lowest BCUT2D eigenvalue weighted by molar-refractivity contribution is 0.964. The van der Waals surface area contributed by atoms with Gasteiger partial charge in [-0.25, -0.2) is 5.10 Å². The van der Waals surface area contributed by atoms with Crippen molar-refractivity contribution in [1.29, 1.82) is 0 Å². The summed E-state index contributed by atoms with van der Waals surface area (Å²) in [6, 6.07) is 3.56. The third-order valence-electron chi connectivity index (χ3n) is 2.60. The fraction of sp³-hybridized carbons (Fsp3) is 0.300. The Morgan fingerprint density at radius 3 is 3.00 bits per heavy atom. The van der Waals surface area contributed by atoms with Crippen LogP contribution in [0.1, 0.15) is 24.5 Å². The predicted octanol–water partition coefficient (Wildman–Crippen LogP) is 1.11. The normalized spacial score (nSPS) is 15.0. The highest BCUT2D eigenvalue weighted by Crippen LogP contribution is 2.39. The molecule has 2 aromatic rings. The molecule has 2 aromatic heterocycles. The first-order valence-electron chi connectivity index (χ1n) is 5.19. The van der Waals surface area contributed by atoms with Gasteiger partial charge in [-0.05, 0) is 18.9 Å². The molecule has 0 saturated heterocycles. The quantitative estimate of drug-likeness (QED) is 0.718. The number of rotatable bonds is 3. The summed E-state index contributed by atoms with van der Waals surface area (Å²) < 4.78 is 0. The molecule has 6 heteroatoms. The van der Waals surface area contributed by atoms with Crippen LogP contribution in [0.25, 0.3) is 0 Å². The van der Waals surface area contributed by atoms with Crippen LogP contribution in [-0.2, 0) is 0 Å². The van der Waals surface area contributed by atoms with Crippen molar-refractivity contribution in [3.63, 3.8) is 0 Å². The molecule has 0 radical (unpaired) electrons. The van der Waals surface area contributed by atoms with Gasteiger partial charge in [0.15, 0.2) is 5.82 Å². The Balaban J connectivity index is 1.83. The fourth-order valence-corrected chi connectivity index (χ4v) is 1.58. The molecule has 0 spiro atoms. The van der Waals surface area contributed by atoms with Crippen molar-refractivity contribution < 1.29 is 0 Å². The molecule has 0 aliphatic heterocycles. The number of anilines is 2. The number of aromatic nitrogens is 4. The van der Waals surface area contributed by atoms with Gasteiger partial charge < -0.3 is 5.32 Å². The van der Waals surface area contributed by atoms with Crippen LogP contribution in [-0.4, -0.2) is 20.4 Å². The third-order valence-corrected chi connectivity index (χ3v) is 2.60. The summed E-state index contributed by atoms with van der Waals surface area (Å²) in [7, 11) is 0. The van der Waals surface area contributed by atoms with Gasteiger partial charge in [0.1, 0.15) is 5.69 Å². The average Bonchev–Trinajstić information content (AvgIpc) is 3.03. The molecule has 82 valence electrons. The van der Waals surface area contributed by atoms with Crippen molar-refractivity contribution in [2.24, 2.45) is 0 Å². The van der Waals surface area contributed by atoms with Gasteiger partial charge >= 0.3 is 0 Å². The third kappa shape index (κ3) is 1.69. The Kier molecular flexibility index (Phi) is 1.99. The van der Waals surface area contributed by atoms with Gasteiger partial charge in [-0.15, -0.1) is 0 Å². The van der Waals surface area contributed by atoms with Crippen LogP contribution in [0.5, 0.6) is 0 Å². The highest BCUT2D eigenvalue weighted by atomic mass is 16.1. The van der Waals surface area contributed by atoms with Gasteiger partial charge in [0, 0.05) is 23.9 Å². The minimum absolute atomic E-state index is 0.251. The first-order chi connectivity index (χ1) is 7.83. The molecule has 0 amide bonds. The molecule has 0 atom stereocenters. The fourth-order valence-electron chi connectivity index (χ4n) is 1.58. The van der Waals surface area contributed by atoms with Crippen molar-refractivity contribution in [3.05, 3.63) is 34.4 Å². The number of aromatic amines is 2. The molecule has 1 saturated carbocycles. The Hall–Kier alpha value is -2.11. The van der Waals surface area contributed by atoms with Crippen LogP contribution in [0.15, 0.2) is 23.1 Å². The summed E-state index contributed by atoms with van der Waals surface area (Å²) in [4.78, 5) is 11.4. The van der Waals surface area contributed by atoms with E-state index in [-0.39, 0.29) is 5.56 Å². The topological polar surface area (TPSA) is 86.5 Å². The maximum absolute atomic E-state index is 11.4. The van der Waals surface area contributed by atoms with Crippen LogP contribution >= 0.6 is 0 Å². The zero-order chi connectivity index (χ0) is 11.0. The first-order valence-corrected chi connectivity index (χ1v) is 5.19. The first kappa shape index (κ1) is 9.14. The molecule has 1 fully saturated rings. The van der Waals surface area contributed by atoms with Crippen molar-refractivity contribution in [2.45, 2.75) is 18.8 Å². The molecule has 0 unspecified atom stereocenters. The van der Waals surface area contributed by atoms with Gasteiger partial charge in [-0.2, -0.15) is 10.2 Å². The number of hydrogen-bond donors (Lipinski definition) is 3. The van der Waals surface area contributed by atoms with Gasteiger partial charge in [0.25, 0.3) is 5.56 Å². The Morgan fingerprint density at radius 2 is 2.25 bits per heavy atom. The second kappa shape index (κ2) is 3.48. The lowest BCUT2D eigenvalue weighted by atomic mass is 10.3. The zero-order valence-corrected chi connectivity index (χ0v) is 8.53. The van der Waals surface area contributed by atoms with Crippen LogP contribution in [0.4, 0.5) is 11.5 Å². The second-order valence-electron chi connectivity index (χ2n) is 3.91. The summed E-state index contributed by atoms with van der Waals surface area (Å²) in [5.41, 5.74) is 1.33. The summed E-state index contributed by atoms with van der Waals surface area (Å²) >= 11 is 0. The molecule has 2 heterocycles. The van der Waals surface area contributed by atoms with Gasteiger partial charge in [0.2, 0.25) is 0 Å². The summed E-state index contributed by atoms with van der Waals surface area (Å²) in [6.07, 6.45) is 3.97. The van der Waals surface area contributed by atoms with E-state index in [0.717, 1.165) is 5.69 Å². The SMILES string of the molecule is O=c1[nH]nccc1Nc1cc(C2CC2)[nH]n1. The molecule has 3 rings (SSSR count). The molecule has 1 aliphatic carbocycles. The lowest BCUT2D eigenvalue weighted by Gasteiger charge is -1.98. The van der Waals surface area contributed by atoms with Crippen molar-refractivity contribution in [1.82, 2.24) is 20.4 Å². The van der Waals surface area contributed by atoms with Crippen molar-refractivity contribution in [2.75, 3.05) is 5.32 Å². The van der Waals surface area contributed by atoms with E-state index in [2.05, 4.69) is 25.7 Å². The number of H-pyrrole nitrogens is 2. The maximum atomic E-state index is 11.4. The van der Waals surface area contributed by atoms with Crippen LogP contribution in [0, 0.1) is 0 Å². The molecule has 6 nitrogen and oxygen atoms in total. The predicted molar refractivity (Wildman–Crippen MR) is 58.7 cm³/mol. The van der Waals surface area contributed by atoms with E-state index in [9.17, 15) is 4.79 Å². The number of nitrogens with one attached hydrogen (secondary N) is 3. The molecule has 3 N–H and O–H groups in total. The van der Waals surface area contributed by atoms with Crippen molar-refractivity contribution >= 4 is 11.5 Å². The van der Waals surface area contributed by atoms with Crippen LogP contribution in [0.2, 0.25) is 0 Å². The smallest absolute Gasteiger partial charge is 0.287 e. The summed E-state index contributed by atoms with van der Waals surface area (Å²) in [6.45, 7) is 0. The Labute approximate surface area is 91.1 Å². The van der Waals surface area contributed by atoms with Gasteiger partial charge in [0.05, 0.1) is 0 Å². The van der Waals surface area contributed by atoms with E-state index in [1.807, 2.05) is 6.07 Å². The minimum Gasteiger partial charge on any atom is -0.334 e. The molecule has 0 bridgehead atoms. The molecular formula is C10H11N5O.